The van der Waals surface area contributed by atoms with Gasteiger partial charge in [0.15, 0.2) is 0 Å². The molecule has 0 nitrogen and oxygen atoms in total. The van der Waals surface area contributed by atoms with Gasteiger partial charge >= 0.3 is 0 Å². The molecule has 30 valence electrons. The van der Waals surface area contributed by atoms with E-state index in [1.165, 1.54) is 0 Å². The second-order valence-corrected chi connectivity index (χ2v) is 0.0825. The van der Waals surface area contributed by atoms with Crippen molar-refractivity contribution in [2.24, 2.45) is 0 Å². The van der Waals surface area contributed by atoms with Crippen LogP contribution in [0.3, 0.4) is 0 Å². The number of hydrogen-bond donors (Lipinski definition) is 0. The van der Waals surface area contributed by atoms with E-state index in [2.05, 4.69) is 0 Å². The fraction of sp³-hybridized carbons (Fsp3) is 0. The Bertz CT molecular complexity index is 6.00. The van der Waals surface area contributed by atoms with Crippen LogP contribution in [-0.2, 0) is 22.4 Å². The monoisotopic (exact) mass is 158 g/mol. The van der Waals surface area contributed by atoms with Gasteiger partial charge in [-0.25, -0.2) is 8.78 Å². The van der Waals surface area contributed by atoms with E-state index in [1.807, 2.05) is 0 Å². The molecule has 3 heteroatoms. The molecule has 4 heavy (non-hydrogen) atoms. The van der Waals surface area contributed by atoms with Crippen molar-refractivity contribution in [3.05, 3.63) is 6.93 Å². The van der Waals surface area contributed by atoms with Crippen molar-refractivity contribution < 1.29 is 31.2 Å². The van der Waals surface area contributed by atoms with E-state index in [4.69, 9.17) is 0 Å². The standard InChI is InChI=1S/CHF2.Ag/c2-1-3;/h1H;. The predicted octanol–water partition coefficient (Wildman–Crippen LogP) is 1.04. The first-order valence-corrected chi connectivity index (χ1v) is 0.436. The smallest absolute Gasteiger partial charge is 0.204 e. The first-order chi connectivity index (χ1) is 1.41. The summed E-state index contributed by atoms with van der Waals surface area (Å²) in [4.78, 5) is 0. The number of hydrogen-bond acceptors (Lipinski definition) is 0. The summed E-state index contributed by atoms with van der Waals surface area (Å²) in [6.45, 7) is -1.00. The van der Waals surface area contributed by atoms with Crippen molar-refractivity contribution in [1.82, 2.24) is 0 Å². The molecule has 0 heterocycles. The van der Waals surface area contributed by atoms with Crippen LogP contribution in [0.4, 0.5) is 8.78 Å². The van der Waals surface area contributed by atoms with Crippen molar-refractivity contribution in [2.45, 2.75) is 0 Å². The first kappa shape index (κ1) is 8.82. The van der Waals surface area contributed by atoms with Gasteiger partial charge in [0, 0.05) is 22.4 Å². The zero-order valence-electron chi connectivity index (χ0n) is 1.63. The quantitative estimate of drug-likeness (QED) is 0.463. The summed E-state index contributed by atoms with van der Waals surface area (Å²) in [5.74, 6) is 0. The Morgan fingerprint density at radius 1 is 1.25 bits per heavy atom. The average Bonchev–Trinajstić information content (AvgIpc) is 0.918. The Morgan fingerprint density at radius 3 is 1.25 bits per heavy atom. The molecule has 0 aromatic rings. The molecule has 0 fully saturated rings. The maximum absolute atomic E-state index is 9.50. The van der Waals surface area contributed by atoms with E-state index in [-0.39, 0.29) is 22.4 Å². The third kappa shape index (κ3) is 18.5. The second-order valence-electron chi connectivity index (χ2n) is 0.0825. The summed E-state index contributed by atoms with van der Waals surface area (Å²) >= 11 is 0. The van der Waals surface area contributed by atoms with Gasteiger partial charge < -0.3 is 0 Å². The van der Waals surface area contributed by atoms with E-state index in [0.29, 0.717) is 0 Å². The van der Waals surface area contributed by atoms with Gasteiger partial charge in [-0.2, -0.15) is 0 Å². The molecule has 0 aliphatic rings. The van der Waals surface area contributed by atoms with Crippen molar-refractivity contribution in [3.8, 4) is 0 Å². The largest absolute Gasteiger partial charge is 0.298 e. The van der Waals surface area contributed by atoms with Crippen LogP contribution >= 0.6 is 0 Å². The van der Waals surface area contributed by atoms with Gasteiger partial charge in [-0.1, -0.05) is 0 Å². The van der Waals surface area contributed by atoms with E-state index >= 15 is 0 Å². The van der Waals surface area contributed by atoms with Gasteiger partial charge in [-0.3, -0.25) is 0 Å². The minimum atomic E-state index is -1.00. The van der Waals surface area contributed by atoms with E-state index in [0.717, 1.165) is 0 Å². The van der Waals surface area contributed by atoms with Crippen LogP contribution in [0.5, 0.6) is 0 Å². The molecule has 0 aromatic carbocycles. The number of rotatable bonds is 0. The van der Waals surface area contributed by atoms with Crippen LogP contribution < -0.4 is 0 Å². The average molecular weight is 159 g/mol. The van der Waals surface area contributed by atoms with Crippen LogP contribution in [0.25, 0.3) is 0 Å². The zero-order chi connectivity index (χ0) is 2.71. The zero-order valence-corrected chi connectivity index (χ0v) is 3.12. The SMILES string of the molecule is F[CH]F.[Ag]. The summed E-state index contributed by atoms with van der Waals surface area (Å²) in [6, 6.07) is 0. The molecule has 0 bridgehead atoms. The molecule has 2 radical (unpaired) electrons. The topological polar surface area (TPSA) is 0 Å². The Labute approximate surface area is 38.7 Å². The fourth-order valence-corrected chi connectivity index (χ4v) is 0. The van der Waals surface area contributed by atoms with E-state index in [9.17, 15) is 8.78 Å². The van der Waals surface area contributed by atoms with Crippen LogP contribution in [0, 0.1) is 6.93 Å². The maximum atomic E-state index is 9.50. The summed E-state index contributed by atoms with van der Waals surface area (Å²) in [5, 5.41) is 0. The Kier molecular flexibility index (Phi) is 21.0. The van der Waals surface area contributed by atoms with Crippen molar-refractivity contribution >= 4 is 0 Å². The van der Waals surface area contributed by atoms with Gasteiger partial charge in [-0.05, 0) is 0 Å². The molecule has 0 atom stereocenters. The Balaban J connectivity index is 0. The number of halogens is 2. The van der Waals surface area contributed by atoms with Crippen molar-refractivity contribution in [3.63, 3.8) is 0 Å². The maximum Gasteiger partial charge on any atom is 0.298 e. The normalized spacial score (nSPS) is 4.50. The molecule has 0 spiro atoms. The molecule has 0 rings (SSSR count). The molecule has 0 unspecified atom stereocenters. The molecule has 0 aliphatic heterocycles. The van der Waals surface area contributed by atoms with Gasteiger partial charge in [0.1, 0.15) is 0 Å². The third-order valence-electron chi connectivity index (χ3n) is 0. The van der Waals surface area contributed by atoms with Gasteiger partial charge in [0.05, 0.1) is 0 Å². The van der Waals surface area contributed by atoms with Crippen LogP contribution in [0.2, 0.25) is 0 Å². The van der Waals surface area contributed by atoms with Gasteiger partial charge in [0.2, 0.25) is 0 Å². The summed E-state index contributed by atoms with van der Waals surface area (Å²) in [6.07, 6.45) is 0. The van der Waals surface area contributed by atoms with Crippen LogP contribution in [0.15, 0.2) is 0 Å². The molecule has 0 N–H and O–H groups in total. The first-order valence-electron chi connectivity index (χ1n) is 0.436. The Morgan fingerprint density at radius 2 is 1.25 bits per heavy atom. The molecular weight excluding hydrogens is 158 g/mol. The minimum absolute atomic E-state index is 0. The van der Waals surface area contributed by atoms with Crippen molar-refractivity contribution in [2.75, 3.05) is 0 Å². The van der Waals surface area contributed by atoms with Gasteiger partial charge in [0.25, 0.3) is 6.93 Å². The predicted molar refractivity (Wildman–Crippen MR) is 6.52 cm³/mol. The molecular formula is CHAgF2. The van der Waals surface area contributed by atoms with Crippen LogP contribution in [0.1, 0.15) is 0 Å². The summed E-state index contributed by atoms with van der Waals surface area (Å²) in [5.41, 5.74) is 0. The molecule has 0 aliphatic carbocycles. The molecule has 0 amide bonds. The minimum Gasteiger partial charge on any atom is -0.204 e. The molecule has 0 saturated carbocycles. The van der Waals surface area contributed by atoms with E-state index < -0.39 is 6.93 Å². The van der Waals surface area contributed by atoms with Gasteiger partial charge in [-0.15, -0.1) is 0 Å². The summed E-state index contributed by atoms with van der Waals surface area (Å²) in [7, 11) is 0. The second kappa shape index (κ2) is 9.51. The summed E-state index contributed by atoms with van der Waals surface area (Å²) < 4.78 is 19.0. The van der Waals surface area contributed by atoms with E-state index in [1.54, 1.807) is 0 Å². The fourth-order valence-electron chi connectivity index (χ4n) is 0. The van der Waals surface area contributed by atoms with Crippen LogP contribution in [-0.4, -0.2) is 0 Å². The molecule has 0 aromatic heterocycles. The Hall–Kier alpha value is 0.600. The van der Waals surface area contributed by atoms with Crippen molar-refractivity contribution in [1.29, 1.82) is 0 Å². The third-order valence-corrected chi connectivity index (χ3v) is 0. The molecule has 0 saturated heterocycles.